The van der Waals surface area contributed by atoms with Gasteiger partial charge in [-0.05, 0) is 48.2 Å². The van der Waals surface area contributed by atoms with Gasteiger partial charge in [-0.1, -0.05) is 12.1 Å². The van der Waals surface area contributed by atoms with Gasteiger partial charge in [0.1, 0.15) is 0 Å². The van der Waals surface area contributed by atoms with E-state index in [1.807, 2.05) is 12.4 Å². The molecule has 0 unspecified atom stereocenters. The Balaban J connectivity index is 1.58. The number of pyridine rings is 1. The van der Waals surface area contributed by atoms with Gasteiger partial charge in [0.25, 0.3) is 0 Å². The lowest BCUT2D eigenvalue weighted by molar-refractivity contribution is 0.688. The third-order valence-electron chi connectivity index (χ3n) is 3.72. The Morgan fingerprint density at radius 1 is 1.05 bits per heavy atom. The zero-order chi connectivity index (χ0) is 13.8. The highest BCUT2D eigenvalue weighted by atomic mass is 15.1. The molecule has 104 valence electrons. The van der Waals surface area contributed by atoms with Crippen molar-refractivity contribution in [2.45, 2.75) is 32.0 Å². The predicted molar refractivity (Wildman–Crippen MR) is 82.6 cm³/mol. The van der Waals surface area contributed by atoms with Crippen LogP contribution >= 0.6 is 0 Å². The summed E-state index contributed by atoms with van der Waals surface area (Å²) >= 11 is 0. The average Bonchev–Trinajstić information content (AvgIpc) is 3.31. The highest BCUT2D eigenvalue weighted by Gasteiger charge is 2.19. The van der Waals surface area contributed by atoms with E-state index in [2.05, 4.69) is 58.6 Å². The molecular formula is C17H21N3. The largest absolute Gasteiger partial charge is 0.370 e. The Morgan fingerprint density at radius 2 is 1.75 bits per heavy atom. The molecule has 0 saturated heterocycles. The van der Waals surface area contributed by atoms with Crippen LogP contribution in [0.15, 0.2) is 48.8 Å². The van der Waals surface area contributed by atoms with Crippen molar-refractivity contribution in [1.82, 2.24) is 10.3 Å². The molecular weight excluding hydrogens is 246 g/mol. The molecule has 1 aliphatic carbocycles. The lowest BCUT2D eigenvalue weighted by Crippen LogP contribution is -2.17. The van der Waals surface area contributed by atoms with Gasteiger partial charge in [0.15, 0.2) is 0 Å². The molecule has 0 atom stereocenters. The van der Waals surface area contributed by atoms with Gasteiger partial charge in [0.05, 0.1) is 0 Å². The van der Waals surface area contributed by atoms with E-state index in [0.717, 1.165) is 19.1 Å². The van der Waals surface area contributed by atoms with Gasteiger partial charge in [-0.15, -0.1) is 0 Å². The SMILES string of the molecule is CN(Cc1ccncc1)c1ccc(CNC2CC2)cc1. The Kier molecular flexibility index (Phi) is 3.97. The van der Waals surface area contributed by atoms with Crippen LogP contribution in [0.3, 0.4) is 0 Å². The number of nitrogens with zero attached hydrogens (tertiary/aromatic N) is 2. The van der Waals surface area contributed by atoms with E-state index in [-0.39, 0.29) is 0 Å². The van der Waals surface area contributed by atoms with Crippen LogP contribution in [0.2, 0.25) is 0 Å². The molecule has 3 rings (SSSR count). The molecule has 1 fully saturated rings. The molecule has 1 heterocycles. The average molecular weight is 267 g/mol. The molecule has 1 aromatic heterocycles. The summed E-state index contributed by atoms with van der Waals surface area (Å²) in [4.78, 5) is 6.31. The van der Waals surface area contributed by atoms with Crippen LogP contribution in [0.5, 0.6) is 0 Å². The number of hydrogen-bond donors (Lipinski definition) is 1. The van der Waals surface area contributed by atoms with Crippen molar-refractivity contribution in [2.75, 3.05) is 11.9 Å². The van der Waals surface area contributed by atoms with Crippen molar-refractivity contribution >= 4 is 5.69 Å². The number of nitrogens with one attached hydrogen (secondary N) is 1. The molecule has 1 aliphatic rings. The molecule has 0 amide bonds. The van der Waals surface area contributed by atoms with Gasteiger partial charge >= 0.3 is 0 Å². The summed E-state index contributed by atoms with van der Waals surface area (Å²) in [6.07, 6.45) is 6.37. The van der Waals surface area contributed by atoms with E-state index in [1.165, 1.54) is 29.7 Å². The molecule has 1 aromatic carbocycles. The van der Waals surface area contributed by atoms with Crippen molar-refractivity contribution in [3.05, 3.63) is 59.9 Å². The highest BCUT2D eigenvalue weighted by Crippen LogP contribution is 2.20. The fourth-order valence-corrected chi connectivity index (χ4v) is 2.27. The first kappa shape index (κ1) is 13.1. The van der Waals surface area contributed by atoms with Crippen LogP contribution in [-0.2, 0) is 13.1 Å². The number of aromatic nitrogens is 1. The van der Waals surface area contributed by atoms with E-state index in [9.17, 15) is 0 Å². The summed E-state index contributed by atoms with van der Waals surface area (Å²) in [5.74, 6) is 0. The first-order chi connectivity index (χ1) is 9.81. The molecule has 1 saturated carbocycles. The van der Waals surface area contributed by atoms with Gasteiger partial charge in [-0.25, -0.2) is 0 Å². The maximum Gasteiger partial charge on any atom is 0.0427 e. The zero-order valence-electron chi connectivity index (χ0n) is 11.9. The summed E-state index contributed by atoms with van der Waals surface area (Å²) in [7, 11) is 2.12. The third-order valence-corrected chi connectivity index (χ3v) is 3.72. The van der Waals surface area contributed by atoms with Crippen molar-refractivity contribution in [1.29, 1.82) is 0 Å². The van der Waals surface area contributed by atoms with Crippen LogP contribution in [0.1, 0.15) is 24.0 Å². The molecule has 0 spiro atoms. The van der Waals surface area contributed by atoms with Crippen molar-refractivity contribution in [2.24, 2.45) is 0 Å². The number of rotatable bonds is 6. The first-order valence-corrected chi connectivity index (χ1v) is 7.23. The van der Waals surface area contributed by atoms with E-state index < -0.39 is 0 Å². The maximum atomic E-state index is 4.05. The molecule has 0 aliphatic heterocycles. The summed E-state index contributed by atoms with van der Waals surface area (Å²) in [5.41, 5.74) is 3.89. The minimum absolute atomic E-state index is 0.768. The minimum Gasteiger partial charge on any atom is -0.370 e. The number of benzene rings is 1. The Hall–Kier alpha value is -1.87. The smallest absolute Gasteiger partial charge is 0.0427 e. The maximum absolute atomic E-state index is 4.05. The number of anilines is 1. The van der Waals surface area contributed by atoms with E-state index >= 15 is 0 Å². The van der Waals surface area contributed by atoms with E-state index in [4.69, 9.17) is 0 Å². The van der Waals surface area contributed by atoms with Crippen LogP contribution in [0.25, 0.3) is 0 Å². The monoisotopic (exact) mass is 267 g/mol. The van der Waals surface area contributed by atoms with Crippen molar-refractivity contribution in [3.63, 3.8) is 0 Å². The summed E-state index contributed by atoms with van der Waals surface area (Å²) < 4.78 is 0. The topological polar surface area (TPSA) is 28.2 Å². The van der Waals surface area contributed by atoms with Gasteiger partial charge < -0.3 is 10.2 Å². The lowest BCUT2D eigenvalue weighted by Gasteiger charge is -2.19. The quantitative estimate of drug-likeness (QED) is 0.872. The Bertz CT molecular complexity index is 532. The Labute approximate surface area is 120 Å². The number of hydrogen-bond acceptors (Lipinski definition) is 3. The standard InChI is InChI=1S/C17H21N3/c1-20(13-15-8-10-18-11-9-15)17-6-2-14(3-7-17)12-19-16-4-5-16/h2-3,6-11,16,19H,4-5,12-13H2,1H3. The fraction of sp³-hybridized carbons (Fsp3) is 0.353. The normalized spacial score (nSPS) is 14.2. The van der Waals surface area contributed by atoms with Gasteiger partial charge in [0.2, 0.25) is 0 Å². The predicted octanol–water partition coefficient (Wildman–Crippen LogP) is 2.97. The second-order valence-corrected chi connectivity index (χ2v) is 5.53. The van der Waals surface area contributed by atoms with Crippen LogP contribution in [0.4, 0.5) is 5.69 Å². The van der Waals surface area contributed by atoms with Gasteiger partial charge in [-0.2, -0.15) is 0 Å². The second kappa shape index (κ2) is 6.06. The Morgan fingerprint density at radius 3 is 2.40 bits per heavy atom. The molecule has 0 bridgehead atoms. The zero-order valence-corrected chi connectivity index (χ0v) is 11.9. The fourth-order valence-electron chi connectivity index (χ4n) is 2.27. The molecule has 2 aromatic rings. The molecule has 20 heavy (non-hydrogen) atoms. The van der Waals surface area contributed by atoms with Gasteiger partial charge in [-0.3, -0.25) is 4.98 Å². The molecule has 3 nitrogen and oxygen atoms in total. The highest BCUT2D eigenvalue weighted by molar-refractivity contribution is 5.47. The summed E-state index contributed by atoms with van der Waals surface area (Å²) in [5, 5.41) is 3.54. The second-order valence-electron chi connectivity index (χ2n) is 5.53. The summed E-state index contributed by atoms with van der Waals surface area (Å²) in [6.45, 7) is 1.89. The molecule has 0 radical (unpaired) electrons. The van der Waals surface area contributed by atoms with E-state index in [0.29, 0.717) is 0 Å². The third kappa shape index (κ3) is 3.58. The van der Waals surface area contributed by atoms with E-state index in [1.54, 1.807) is 0 Å². The minimum atomic E-state index is 0.768. The molecule has 3 heteroatoms. The van der Waals surface area contributed by atoms with Gasteiger partial charge in [0, 0.05) is 44.3 Å². The molecule has 1 N–H and O–H groups in total. The van der Waals surface area contributed by atoms with Crippen LogP contribution in [0, 0.1) is 0 Å². The van der Waals surface area contributed by atoms with Crippen molar-refractivity contribution < 1.29 is 0 Å². The first-order valence-electron chi connectivity index (χ1n) is 7.23. The summed E-state index contributed by atoms with van der Waals surface area (Å²) in [6, 6.07) is 13.7. The van der Waals surface area contributed by atoms with Crippen LogP contribution in [-0.4, -0.2) is 18.1 Å². The lowest BCUT2D eigenvalue weighted by atomic mass is 10.2. The van der Waals surface area contributed by atoms with Crippen molar-refractivity contribution in [3.8, 4) is 0 Å². The van der Waals surface area contributed by atoms with Crippen LogP contribution < -0.4 is 10.2 Å².